The van der Waals surface area contributed by atoms with E-state index in [4.69, 9.17) is 0 Å². The Bertz CT molecular complexity index is 739. The van der Waals surface area contributed by atoms with Crippen LogP contribution < -0.4 is 10.6 Å². The number of anilines is 1. The molecule has 2 N–H and O–H groups in total. The summed E-state index contributed by atoms with van der Waals surface area (Å²) in [7, 11) is 0. The lowest BCUT2D eigenvalue weighted by molar-refractivity contribution is 0.0953. The first-order valence-electron chi connectivity index (χ1n) is 9.16. The number of carbonyl (C=O) groups is 2. The Morgan fingerprint density at radius 2 is 1.77 bits per heavy atom. The molecule has 0 unspecified atom stereocenters. The van der Waals surface area contributed by atoms with Crippen LogP contribution in [-0.4, -0.2) is 23.3 Å². The van der Waals surface area contributed by atoms with Gasteiger partial charge in [0.2, 0.25) is 0 Å². The molecule has 138 valence electrons. The number of nitrogens with zero attached hydrogens (tertiary/aromatic N) is 1. The highest BCUT2D eigenvalue weighted by Gasteiger charge is 2.12. The summed E-state index contributed by atoms with van der Waals surface area (Å²) in [5.74, 6) is -0.0734. The van der Waals surface area contributed by atoms with Crippen molar-refractivity contribution in [3.8, 4) is 0 Å². The first-order chi connectivity index (χ1) is 12.5. The summed E-state index contributed by atoms with van der Waals surface area (Å²) in [4.78, 5) is 28.7. The minimum Gasteiger partial charge on any atom is -0.352 e. The number of unbranched alkanes of at least 4 members (excludes halogenated alkanes) is 2. The zero-order chi connectivity index (χ0) is 18.9. The van der Waals surface area contributed by atoms with Crippen molar-refractivity contribution in [3.63, 3.8) is 0 Å². The molecular formula is C21H27N3O2. The molecule has 2 rings (SSSR count). The summed E-state index contributed by atoms with van der Waals surface area (Å²) in [6, 6.07) is 10.9. The number of rotatable bonds is 8. The Kier molecular flexibility index (Phi) is 7.33. The SMILES string of the molecule is CCCCCNC(=O)c1ccnc(C(=O)Nc2ccc(C(C)C)cc2)c1. The van der Waals surface area contributed by atoms with Gasteiger partial charge in [-0.3, -0.25) is 14.6 Å². The van der Waals surface area contributed by atoms with E-state index in [1.54, 1.807) is 6.07 Å². The minimum absolute atomic E-state index is 0.182. The standard InChI is InChI=1S/C21H27N3O2/c1-4-5-6-12-23-20(25)17-11-13-22-19(14-17)21(26)24-18-9-7-16(8-10-18)15(2)3/h7-11,13-15H,4-6,12H2,1-3H3,(H,23,25)(H,24,26). The van der Waals surface area contributed by atoms with Crippen molar-refractivity contribution in [3.05, 3.63) is 59.4 Å². The molecule has 2 amide bonds. The van der Waals surface area contributed by atoms with Crippen LogP contribution in [-0.2, 0) is 0 Å². The molecule has 1 aromatic carbocycles. The van der Waals surface area contributed by atoms with Gasteiger partial charge < -0.3 is 10.6 Å². The summed E-state index contributed by atoms with van der Waals surface area (Å²) >= 11 is 0. The van der Waals surface area contributed by atoms with Crippen LogP contribution in [0.2, 0.25) is 0 Å². The highest BCUT2D eigenvalue weighted by atomic mass is 16.2. The molecule has 0 spiro atoms. The third-order valence-electron chi connectivity index (χ3n) is 4.16. The van der Waals surface area contributed by atoms with Crippen LogP contribution in [0.4, 0.5) is 5.69 Å². The van der Waals surface area contributed by atoms with Crippen LogP contribution in [0.1, 0.15) is 72.4 Å². The van der Waals surface area contributed by atoms with E-state index in [0.29, 0.717) is 23.7 Å². The van der Waals surface area contributed by atoms with Crippen molar-refractivity contribution in [2.75, 3.05) is 11.9 Å². The van der Waals surface area contributed by atoms with Gasteiger partial charge in [0.25, 0.3) is 11.8 Å². The number of hydrogen-bond donors (Lipinski definition) is 2. The van der Waals surface area contributed by atoms with E-state index in [1.807, 2.05) is 24.3 Å². The Hall–Kier alpha value is -2.69. The topological polar surface area (TPSA) is 71.1 Å². The smallest absolute Gasteiger partial charge is 0.274 e. The highest BCUT2D eigenvalue weighted by Crippen LogP contribution is 2.17. The van der Waals surface area contributed by atoms with Crippen LogP contribution in [0.15, 0.2) is 42.6 Å². The predicted molar refractivity (Wildman–Crippen MR) is 105 cm³/mol. The third-order valence-corrected chi connectivity index (χ3v) is 4.16. The third kappa shape index (κ3) is 5.69. The number of carbonyl (C=O) groups excluding carboxylic acids is 2. The number of benzene rings is 1. The van der Waals surface area contributed by atoms with E-state index in [0.717, 1.165) is 19.3 Å². The van der Waals surface area contributed by atoms with Gasteiger partial charge in [0.05, 0.1) is 0 Å². The van der Waals surface area contributed by atoms with Crippen molar-refractivity contribution in [2.45, 2.75) is 46.0 Å². The number of pyridine rings is 1. The molecule has 1 heterocycles. The Balaban J connectivity index is 1.99. The fourth-order valence-electron chi connectivity index (χ4n) is 2.52. The molecule has 2 aromatic rings. The summed E-state index contributed by atoms with van der Waals surface area (Å²) in [5, 5.41) is 5.69. The first kappa shape index (κ1) is 19.6. The quantitative estimate of drug-likeness (QED) is 0.692. The van der Waals surface area contributed by atoms with Gasteiger partial charge in [-0.25, -0.2) is 0 Å². The van der Waals surface area contributed by atoms with Crippen molar-refractivity contribution in [1.82, 2.24) is 10.3 Å². The van der Waals surface area contributed by atoms with Crippen LogP contribution in [0.25, 0.3) is 0 Å². The Labute approximate surface area is 155 Å². The van der Waals surface area contributed by atoms with E-state index < -0.39 is 0 Å². The van der Waals surface area contributed by atoms with E-state index in [-0.39, 0.29) is 17.5 Å². The first-order valence-corrected chi connectivity index (χ1v) is 9.16. The van der Waals surface area contributed by atoms with Crippen LogP contribution in [0.3, 0.4) is 0 Å². The number of hydrogen-bond acceptors (Lipinski definition) is 3. The van der Waals surface area contributed by atoms with Gasteiger partial charge in [-0.15, -0.1) is 0 Å². The molecule has 5 heteroatoms. The lowest BCUT2D eigenvalue weighted by Gasteiger charge is -2.09. The second-order valence-electron chi connectivity index (χ2n) is 6.62. The lowest BCUT2D eigenvalue weighted by Crippen LogP contribution is -2.25. The van der Waals surface area contributed by atoms with E-state index in [2.05, 4.69) is 36.4 Å². The molecule has 0 atom stereocenters. The summed E-state index contributed by atoms with van der Waals surface area (Å²) in [6.45, 7) is 7.00. The van der Waals surface area contributed by atoms with Gasteiger partial charge in [-0.2, -0.15) is 0 Å². The zero-order valence-electron chi connectivity index (χ0n) is 15.7. The maximum absolute atomic E-state index is 12.4. The van der Waals surface area contributed by atoms with Crippen LogP contribution in [0, 0.1) is 0 Å². The van der Waals surface area contributed by atoms with Gasteiger partial charge in [-0.1, -0.05) is 45.7 Å². The molecule has 0 aliphatic heterocycles. The maximum atomic E-state index is 12.4. The molecule has 0 saturated carbocycles. The largest absolute Gasteiger partial charge is 0.352 e. The van der Waals surface area contributed by atoms with Gasteiger partial charge in [-0.05, 0) is 42.2 Å². The second kappa shape index (κ2) is 9.70. The fourth-order valence-corrected chi connectivity index (χ4v) is 2.52. The monoisotopic (exact) mass is 353 g/mol. The maximum Gasteiger partial charge on any atom is 0.274 e. The molecule has 0 fully saturated rings. The van der Waals surface area contributed by atoms with E-state index in [9.17, 15) is 9.59 Å². The molecule has 1 aromatic heterocycles. The van der Waals surface area contributed by atoms with Crippen LogP contribution >= 0.6 is 0 Å². The molecule has 0 aliphatic rings. The molecule has 0 bridgehead atoms. The summed E-state index contributed by atoms with van der Waals surface area (Å²) in [5.41, 5.74) is 2.58. The average Bonchev–Trinajstić information content (AvgIpc) is 2.65. The molecule has 0 saturated heterocycles. The van der Waals surface area contributed by atoms with Crippen molar-refractivity contribution in [2.24, 2.45) is 0 Å². The number of amides is 2. The molecule has 5 nitrogen and oxygen atoms in total. The second-order valence-corrected chi connectivity index (χ2v) is 6.62. The Morgan fingerprint density at radius 1 is 1.04 bits per heavy atom. The van der Waals surface area contributed by atoms with Crippen molar-refractivity contribution in [1.29, 1.82) is 0 Å². The minimum atomic E-state index is -0.331. The van der Waals surface area contributed by atoms with Gasteiger partial charge in [0.15, 0.2) is 0 Å². The molecule has 0 radical (unpaired) electrons. The molecule has 26 heavy (non-hydrogen) atoms. The highest BCUT2D eigenvalue weighted by molar-refractivity contribution is 6.04. The van der Waals surface area contributed by atoms with E-state index in [1.165, 1.54) is 17.8 Å². The number of aromatic nitrogens is 1. The van der Waals surface area contributed by atoms with Gasteiger partial charge in [0, 0.05) is 24.0 Å². The lowest BCUT2D eigenvalue weighted by atomic mass is 10.0. The summed E-state index contributed by atoms with van der Waals surface area (Å²) < 4.78 is 0. The normalized spacial score (nSPS) is 10.6. The van der Waals surface area contributed by atoms with Crippen molar-refractivity contribution >= 4 is 17.5 Å². The molecule has 0 aliphatic carbocycles. The van der Waals surface area contributed by atoms with Crippen LogP contribution in [0.5, 0.6) is 0 Å². The fraction of sp³-hybridized carbons (Fsp3) is 0.381. The van der Waals surface area contributed by atoms with Crippen molar-refractivity contribution < 1.29 is 9.59 Å². The number of nitrogens with one attached hydrogen (secondary N) is 2. The van der Waals surface area contributed by atoms with Gasteiger partial charge in [0.1, 0.15) is 5.69 Å². The van der Waals surface area contributed by atoms with Gasteiger partial charge >= 0.3 is 0 Å². The van der Waals surface area contributed by atoms with E-state index >= 15 is 0 Å². The zero-order valence-corrected chi connectivity index (χ0v) is 15.7. The molecular weight excluding hydrogens is 326 g/mol. The Morgan fingerprint density at radius 3 is 2.42 bits per heavy atom. The summed E-state index contributed by atoms with van der Waals surface area (Å²) in [6.07, 6.45) is 4.62. The predicted octanol–water partition coefficient (Wildman–Crippen LogP) is 4.38. The average molecular weight is 353 g/mol.